The number of pyridine rings is 1. The third-order valence-electron chi connectivity index (χ3n) is 5.49. The number of methoxy groups -OCH3 is 1. The topological polar surface area (TPSA) is 76.4 Å². The van der Waals surface area contributed by atoms with Crippen LogP contribution in [0.25, 0.3) is 17.0 Å². The van der Waals surface area contributed by atoms with Gasteiger partial charge in [-0.1, -0.05) is 0 Å². The van der Waals surface area contributed by atoms with Crippen LogP contribution in [0.5, 0.6) is 5.75 Å². The first-order chi connectivity index (χ1) is 14.1. The second-order valence-corrected chi connectivity index (χ2v) is 7.57. The number of nitrogens with zero attached hydrogens (tertiary/aromatic N) is 4. The van der Waals surface area contributed by atoms with E-state index in [4.69, 9.17) is 4.74 Å². The van der Waals surface area contributed by atoms with Crippen LogP contribution in [-0.4, -0.2) is 52.0 Å². The van der Waals surface area contributed by atoms with Gasteiger partial charge in [-0.05, 0) is 37.9 Å². The molecule has 1 aliphatic heterocycles. The van der Waals surface area contributed by atoms with Crippen LogP contribution < -0.4 is 15.4 Å². The predicted octanol–water partition coefficient (Wildman–Crippen LogP) is 2.93. The molecule has 9 heteroatoms. The van der Waals surface area contributed by atoms with Crippen LogP contribution in [0, 0.1) is 5.82 Å². The Morgan fingerprint density at radius 2 is 2.14 bits per heavy atom. The number of anilines is 1. The Morgan fingerprint density at radius 3 is 2.90 bits per heavy atom. The molecule has 2 atom stereocenters. The van der Waals surface area contributed by atoms with Gasteiger partial charge in [-0.2, -0.15) is 5.10 Å². The van der Waals surface area contributed by atoms with Gasteiger partial charge in [0.2, 0.25) is 0 Å². The highest BCUT2D eigenvalue weighted by molar-refractivity contribution is 5.63. The van der Waals surface area contributed by atoms with E-state index in [-0.39, 0.29) is 5.69 Å². The van der Waals surface area contributed by atoms with E-state index < -0.39 is 18.0 Å². The zero-order valence-electron chi connectivity index (χ0n) is 16.0. The molecule has 3 aromatic heterocycles. The average Bonchev–Trinajstić information content (AvgIpc) is 3.50. The summed E-state index contributed by atoms with van der Waals surface area (Å²) in [7, 11) is 1.61. The molecule has 1 saturated carbocycles. The standard InChI is InChI=1S/C20H22F2N6O/c1-29-16-8-18-24-10-15(28(18)27-19(16)11-2-3-11)20-13(22)4-5-17(26-20)25-14-9-23-7-6-12(14)21/h4-5,8,10-12,14,23H,2-3,6-7,9H2,1H3,(H,25,26)/t12-,14-/m1/s1. The van der Waals surface area contributed by atoms with E-state index in [0.29, 0.717) is 48.3 Å². The van der Waals surface area contributed by atoms with Gasteiger partial charge in [-0.3, -0.25) is 0 Å². The van der Waals surface area contributed by atoms with Gasteiger partial charge in [-0.15, -0.1) is 0 Å². The van der Waals surface area contributed by atoms with Gasteiger partial charge in [0.1, 0.15) is 34.8 Å². The number of hydrogen-bond donors (Lipinski definition) is 2. The van der Waals surface area contributed by atoms with Crippen LogP contribution >= 0.6 is 0 Å². The number of imidazole rings is 1. The van der Waals surface area contributed by atoms with E-state index in [9.17, 15) is 8.78 Å². The van der Waals surface area contributed by atoms with Crippen molar-refractivity contribution in [2.45, 2.75) is 37.4 Å². The molecular weight excluding hydrogens is 378 g/mol. The monoisotopic (exact) mass is 400 g/mol. The van der Waals surface area contributed by atoms with E-state index >= 15 is 0 Å². The normalized spacial score (nSPS) is 22.0. The van der Waals surface area contributed by atoms with Crippen LogP contribution in [-0.2, 0) is 0 Å². The summed E-state index contributed by atoms with van der Waals surface area (Å²) in [5.41, 5.74) is 1.98. The minimum absolute atomic E-state index is 0.126. The van der Waals surface area contributed by atoms with Crippen LogP contribution in [0.1, 0.15) is 30.9 Å². The van der Waals surface area contributed by atoms with Crippen molar-refractivity contribution in [3.05, 3.63) is 35.9 Å². The van der Waals surface area contributed by atoms with Crippen molar-refractivity contribution in [1.82, 2.24) is 24.9 Å². The van der Waals surface area contributed by atoms with E-state index in [1.165, 1.54) is 12.1 Å². The van der Waals surface area contributed by atoms with Crippen LogP contribution in [0.4, 0.5) is 14.6 Å². The lowest BCUT2D eigenvalue weighted by atomic mass is 10.1. The summed E-state index contributed by atoms with van der Waals surface area (Å²) < 4.78 is 35.9. The highest BCUT2D eigenvalue weighted by Gasteiger charge is 2.30. The maximum atomic E-state index is 14.7. The van der Waals surface area contributed by atoms with Gasteiger partial charge in [0.15, 0.2) is 11.5 Å². The summed E-state index contributed by atoms with van der Waals surface area (Å²) in [5.74, 6) is 0.987. The van der Waals surface area contributed by atoms with Crippen LogP contribution in [0.2, 0.25) is 0 Å². The van der Waals surface area contributed by atoms with Gasteiger partial charge in [-0.25, -0.2) is 23.3 Å². The van der Waals surface area contributed by atoms with E-state index in [1.807, 2.05) is 6.07 Å². The summed E-state index contributed by atoms with van der Waals surface area (Å²) in [4.78, 5) is 8.76. The largest absolute Gasteiger partial charge is 0.495 e. The molecule has 0 bridgehead atoms. The van der Waals surface area contributed by atoms with Crippen molar-refractivity contribution in [2.24, 2.45) is 0 Å². The third kappa shape index (κ3) is 3.39. The van der Waals surface area contributed by atoms with Crippen molar-refractivity contribution >= 4 is 11.5 Å². The van der Waals surface area contributed by atoms with Gasteiger partial charge < -0.3 is 15.4 Å². The number of halogens is 2. The minimum Gasteiger partial charge on any atom is -0.495 e. The Labute approximate surface area is 166 Å². The molecule has 1 saturated heterocycles. The summed E-state index contributed by atoms with van der Waals surface area (Å²) in [6.45, 7) is 1.15. The molecule has 152 valence electrons. The van der Waals surface area contributed by atoms with Crippen molar-refractivity contribution in [3.8, 4) is 17.1 Å². The summed E-state index contributed by atoms with van der Waals surface area (Å²) >= 11 is 0. The molecule has 0 unspecified atom stereocenters. The third-order valence-corrected chi connectivity index (χ3v) is 5.49. The highest BCUT2D eigenvalue weighted by Crippen LogP contribution is 2.43. The van der Waals surface area contributed by atoms with E-state index in [1.54, 1.807) is 17.8 Å². The molecule has 2 N–H and O–H groups in total. The molecule has 0 spiro atoms. The highest BCUT2D eigenvalue weighted by atomic mass is 19.1. The number of piperidine rings is 1. The number of nitrogens with one attached hydrogen (secondary N) is 2. The second kappa shape index (κ2) is 7.22. The molecule has 4 heterocycles. The number of fused-ring (bicyclic) bond motifs is 1. The maximum Gasteiger partial charge on any atom is 0.157 e. The van der Waals surface area contributed by atoms with E-state index in [2.05, 4.69) is 25.7 Å². The zero-order valence-corrected chi connectivity index (χ0v) is 16.0. The summed E-state index contributed by atoms with van der Waals surface area (Å²) in [6.07, 6.45) is 3.13. The predicted molar refractivity (Wildman–Crippen MR) is 104 cm³/mol. The molecule has 5 rings (SSSR count). The Balaban J connectivity index is 1.53. The SMILES string of the molecule is COc1cc2ncc(-c3nc(N[C@@H]4CNCC[C@H]4F)ccc3F)n2nc1C1CC1. The lowest BCUT2D eigenvalue weighted by molar-refractivity contribution is 0.241. The number of hydrogen-bond acceptors (Lipinski definition) is 6. The van der Waals surface area contributed by atoms with Crippen molar-refractivity contribution in [2.75, 3.05) is 25.5 Å². The Kier molecular flexibility index (Phi) is 4.54. The number of rotatable bonds is 5. The molecule has 7 nitrogen and oxygen atoms in total. The van der Waals surface area contributed by atoms with Crippen molar-refractivity contribution in [3.63, 3.8) is 0 Å². The Bertz CT molecular complexity index is 1050. The molecule has 2 aliphatic rings. The smallest absolute Gasteiger partial charge is 0.157 e. The molecule has 2 fully saturated rings. The fourth-order valence-electron chi connectivity index (χ4n) is 3.74. The van der Waals surface area contributed by atoms with Crippen molar-refractivity contribution < 1.29 is 13.5 Å². The lowest BCUT2D eigenvalue weighted by Crippen LogP contribution is -2.46. The Morgan fingerprint density at radius 1 is 1.28 bits per heavy atom. The summed E-state index contributed by atoms with van der Waals surface area (Å²) in [5, 5.41) is 10.9. The number of alkyl halides is 1. The van der Waals surface area contributed by atoms with Gasteiger partial charge in [0, 0.05) is 18.5 Å². The molecule has 0 radical (unpaired) electrons. The fourth-order valence-corrected chi connectivity index (χ4v) is 3.74. The van der Waals surface area contributed by atoms with Crippen molar-refractivity contribution in [1.29, 1.82) is 0 Å². The fraction of sp³-hybridized carbons (Fsp3) is 0.450. The first kappa shape index (κ1) is 18.2. The number of ether oxygens (including phenoxy) is 1. The van der Waals surface area contributed by atoms with Gasteiger partial charge in [0.05, 0.1) is 19.3 Å². The van der Waals surface area contributed by atoms with Gasteiger partial charge >= 0.3 is 0 Å². The maximum absolute atomic E-state index is 14.7. The average molecular weight is 400 g/mol. The number of aromatic nitrogens is 4. The lowest BCUT2D eigenvalue weighted by Gasteiger charge is -2.28. The first-order valence-electron chi connectivity index (χ1n) is 9.85. The second-order valence-electron chi connectivity index (χ2n) is 7.57. The summed E-state index contributed by atoms with van der Waals surface area (Å²) in [6, 6.07) is 4.26. The van der Waals surface area contributed by atoms with Crippen LogP contribution in [0.15, 0.2) is 24.4 Å². The minimum atomic E-state index is -0.974. The van der Waals surface area contributed by atoms with Crippen LogP contribution in [0.3, 0.4) is 0 Å². The molecular formula is C20H22F2N6O. The molecule has 3 aromatic rings. The molecule has 0 aromatic carbocycles. The zero-order chi connectivity index (χ0) is 20.0. The Hall–Kier alpha value is -2.81. The quantitative estimate of drug-likeness (QED) is 0.686. The first-order valence-corrected chi connectivity index (χ1v) is 9.85. The van der Waals surface area contributed by atoms with Gasteiger partial charge in [0.25, 0.3) is 0 Å². The molecule has 29 heavy (non-hydrogen) atoms. The molecule has 1 aliphatic carbocycles. The molecule has 0 amide bonds. The van der Waals surface area contributed by atoms with E-state index in [0.717, 1.165) is 18.5 Å².